The van der Waals surface area contributed by atoms with E-state index >= 15 is 0 Å². The number of rotatable bonds is 7. The Bertz CT molecular complexity index is 743. The zero-order valence-corrected chi connectivity index (χ0v) is 16.2. The average molecular weight is 357 g/mol. The van der Waals surface area contributed by atoms with Crippen LogP contribution in [0.5, 0.6) is 11.5 Å². The van der Waals surface area contributed by atoms with E-state index < -0.39 is 0 Å². The number of ether oxygens (including phenoxy) is 2. The Hall–Kier alpha value is -1.75. The molecule has 5 heteroatoms. The van der Waals surface area contributed by atoms with Gasteiger partial charge in [0, 0.05) is 24.7 Å². The van der Waals surface area contributed by atoms with Crippen LogP contribution in [0.1, 0.15) is 56.8 Å². The number of hydrogen-bond acceptors (Lipinski definition) is 4. The number of aryl methyl sites for hydroxylation is 1. The van der Waals surface area contributed by atoms with Gasteiger partial charge in [0.15, 0.2) is 11.5 Å². The molecule has 1 saturated carbocycles. The molecule has 26 heavy (non-hydrogen) atoms. The van der Waals surface area contributed by atoms with Crippen molar-refractivity contribution >= 4 is 11.0 Å². The summed E-state index contributed by atoms with van der Waals surface area (Å²) in [5.41, 5.74) is 2.19. The van der Waals surface area contributed by atoms with Crippen LogP contribution in [0.25, 0.3) is 11.0 Å². The molecule has 1 aliphatic heterocycles. The van der Waals surface area contributed by atoms with E-state index in [1.54, 1.807) is 7.11 Å². The lowest BCUT2D eigenvalue weighted by Crippen LogP contribution is -2.21. The predicted molar refractivity (Wildman–Crippen MR) is 104 cm³/mol. The molecule has 0 N–H and O–H groups in total. The summed E-state index contributed by atoms with van der Waals surface area (Å²) in [6, 6.07) is 4.75. The lowest BCUT2D eigenvalue weighted by Gasteiger charge is -2.17. The van der Waals surface area contributed by atoms with Gasteiger partial charge in [-0.3, -0.25) is 0 Å². The molecule has 0 amide bonds. The van der Waals surface area contributed by atoms with Gasteiger partial charge >= 0.3 is 0 Å². The fraction of sp³-hybridized carbons (Fsp3) is 0.667. The molecule has 2 heterocycles. The number of nitrogens with zero attached hydrogens (tertiary/aromatic N) is 3. The lowest BCUT2D eigenvalue weighted by molar-refractivity contribution is 0.254. The Morgan fingerprint density at radius 1 is 1.08 bits per heavy atom. The van der Waals surface area contributed by atoms with Gasteiger partial charge in [0.1, 0.15) is 5.82 Å². The minimum Gasteiger partial charge on any atom is -0.493 e. The van der Waals surface area contributed by atoms with Crippen molar-refractivity contribution in [1.82, 2.24) is 14.5 Å². The summed E-state index contributed by atoms with van der Waals surface area (Å²) in [6.45, 7) is 6.45. The maximum atomic E-state index is 6.07. The third kappa shape index (κ3) is 3.54. The Balaban J connectivity index is 1.49. The molecular formula is C21H31N3O2. The number of hydrogen-bond donors (Lipinski definition) is 0. The fourth-order valence-electron chi connectivity index (χ4n) is 4.60. The van der Waals surface area contributed by atoms with Crippen molar-refractivity contribution in [2.45, 2.75) is 57.9 Å². The van der Waals surface area contributed by atoms with E-state index in [0.29, 0.717) is 6.04 Å². The minimum absolute atomic E-state index is 0.580. The first-order valence-electron chi connectivity index (χ1n) is 10.2. The van der Waals surface area contributed by atoms with Gasteiger partial charge in [-0.2, -0.15) is 0 Å². The number of methoxy groups -OCH3 is 1. The molecule has 5 nitrogen and oxygen atoms in total. The summed E-state index contributed by atoms with van der Waals surface area (Å²) in [5, 5.41) is 0. The Kier molecular flexibility index (Phi) is 5.34. The standard InChI is InChI=1S/C21H31N3O2/c1-16-22-18-14-21(26-13-7-12-23-10-5-6-11-23)20(25-2)15-19(18)24(16)17-8-3-4-9-17/h14-15,17H,3-13H2,1-2H3. The van der Waals surface area contributed by atoms with Crippen molar-refractivity contribution in [3.05, 3.63) is 18.0 Å². The number of fused-ring (bicyclic) bond motifs is 1. The minimum atomic E-state index is 0.580. The molecule has 0 radical (unpaired) electrons. The second-order valence-electron chi connectivity index (χ2n) is 7.71. The maximum absolute atomic E-state index is 6.07. The molecule has 2 aromatic rings. The molecule has 0 atom stereocenters. The van der Waals surface area contributed by atoms with Crippen LogP contribution in [0.3, 0.4) is 0 Å². The van der Waals surface area contributed by atoms with Crippen LogP contribution in [-0.4, -0.2) is 47.8 Å². The monoisotopic (exact) mass is 357 g/mol. The van der Waals surface area contributed by atoms with Crippen LogP contribution >= 0.6 is 0 Å². The number of aromatic nitrogens is 2. The normalized spacial score (nSPS) is 18.8. The second-order valence-corrected chi connectivity index (χ2v) is 7.71. The largest absolute Gasteiger partial charge is 0.493 e. The maximum Gasteiger partial charge on any atom is 0.163 e. The Morgan fingerprint density at radius 3 is 2.58 bits per heavy atom. The van der Waals surface area contributed by atoms with E-state index in [1.165, 1.54) is 57.1 Å². The van der Waals surface area contributed by atoms with Crippen molar-refractivity contribution in [3.63, 3.8) is 0 Å². The molecule has 0 spiro atoms. The van der Waals surface area contributed by atoms with Crippen LogP contribution in [0, 0.1) is 6.92 Å². The van der Waals surface area contributed by atoms with Gasteiger partial charge in [-0.05, 0) is 52.1 Å². The first kappa shape index (κ1) is 17.7. The predicted octanol–water partition coefficient (Wildman–Crippen LogP) is 4.33. The SMILES string of the molecule is COc1cc2c(cc1OCCCN1CCCC1)nc(C)n2C1CCCC1. The molecule has 0 bridgehead atoms. The third-order valence-corrected chi connectivity index (χ3v) is 5.92. The van der Waals surface area contributed by atoms with E-state index in [0.717, 1.165) is 42.4 Å². The summed E-state index contributed by atoms with van der Waals surface area (Å²) in [4.78, 5) is 7.33. The summed E-state index contributed by atoms with van der Waals surface area (Å²) in [5.74, 6) is 2.73. The summed E-state index contributed by atoms with van der Waals surface area (Å²) in [6.07, 6.45) is 8.88. The zero-order chi connectivity index (χ0) is 17.9. The van der Waals surface area contributed by atoms with Gasteiger partial charge in [0.2, 0.25) is 0 Å². The Labute approximate surface area is 156 Å². The quantitative estimate of drug-likeness (QED) is 0.691. The van der Waals surface area contributed by atoms with Crippen molar-refractivity contribution in [3.8, 4) is 11.5 Å². The van der Waals surface area contributed by atoms with Gasteiger partial charge in [-0.25, -0.2) is 4.98 Å². The summed E-state index contributed by atoms with van der Waals surface area (Å²) < 4.78 is 14.1. The van der Waals surface area contributed by atoms with Crippen molar-refractivity contribution in [2.24, 2.45) is 0 Å². The molecule has 2 aliphatic rings. The first-order valence-corrected chi connectivity index (χ1v) is 10.2. The van der Waals surface area contributed by atoms with Crippen molar-refractivity contribution in [1.29, 1.82) is 0 Å². The summed E-state index contributed by atoms with van der Waals surface area (Å²) in [7, 11) is 1.72. The number of likely N-dealkylation sites (tertiary alicyclic amines) is 1. The fourth-order valence-corrected chi connectivity index (χ4v) is 4.60. The molecule has 0 unspecified atom stereocenters. The number of benzene rings is 1. The highest BCUT2D eigenvalue weighted by molar-refractivity contribution is 5.80. The average Bonchev–Trinajstić information content (AvgIpc) is 3.38. The summed E-state index contributed by atoms with van der Waals surface area (Å²) >= 11 is 0. The molecule has 2 fully saturated rings. The van der Waals surface area contributed by atoms with Crippen LogP contribution in [0.15, 0.2) is 12.1 Å². The van der Waals surface area contributed by atoms with E-state index in [-0.39, 0.29) is 0 Å². The van der Waals surface area contributed by atoms with Gasteiger partial charge in [-0.15, -0.1) is 0 Å². The Morgan fingerprint density at radius 2 is 1.85 bits per heavy atom. The van der Waals surface area contributed by atoms with Crippen molar-refractivity contribution < 1.29 is 9.47 Å². The van der Waals surface area contributed by atoms with Crippen LogP contribution in [0.2, 0.25) is 0 Å². The molecule has 1 aromatic carbocycles. The van der Waals surface area contributed by atoms with E-state index in [1.807, 2.05) is 0 Å². The topological polar surface area (TPSA) is 39.5 Å². The molecule has 1 aliphatic carbocycles. The van der Waals surface area contributed by atoms with Gasteiger partial charge in [-0.1, -0.05) is 12.8 Å². The highest BCUT2D eigenvalue weighted by Gasteiger charge is 2.22. The smallest absolute Gasteiger partial charge is 0.163 e. The highest BCUT2D eigenvalue weighted by Crippen LogP contribution is 2.37. The highest BCUT2D eigenvalue weighted by atomic mass is 16.5. The van der Waals surface area contributed by atoms with Crippen LogP contribution < -0.4 is 9.47 Å². The van der Waals surface area contributed by atoms with E-state index in [2.05, 4.69) is 28.5 Å². The van der Waals surface area contributed by atoms with Gasteiger partial charge in [0.05, 0.1) is 24.8 Å². The zero-order valence-electron chi connectivity index (χ0n) is 16.2. The lowest BCUT2D eigenvalue weighted by atomic mass is 10.2. The first-order chi connectivity index (χ1) is 12.8. The van der Waals surface area contributed by atoms with E-state index in [4.69, 9.17) is 14.5 Å². The molecular weight excluding hydrogens is 326 g/mol. The number of imidazole rings is 1. The second kappa shape index (κ2) is 7.87. The van der Waals surface area contributed by atoms with Gasteiger partial charge in [0.25, 0.3) is 0 Å². The van der Waals surface area contributed by atoms with Crippen LogP contribution in [0.4, 0.5) is 0 Å². The molecule has 142 valence electrons. The van der Waals surface area contributed by atoms with Crippen LogP contribution in [-0.2, 0) is 0 Å². The molecule has 1 saturated heterocycles. The van der Waals surface area contributed by atoms with E-state index in [9.17, 15) is 0 Å². The molecule has 1 aromatic heterocycles. The molecule has 4 rings (SSSR count). The van der Waals surface area contributed by atoms with Crippen molar-refractivity contribution in [2.75, 3.05) is 33.4 Å². The third-order valence-electron chi connectivity index (χ3n) is 5.92. The van der Waals surface area contributed by atoms with Gasteiger partial charge < -0.3 is 18.9 Å².